The molecular weight excluding hydrogens is 354 g/mol. The van der Waals surface area contributed by atoms with Gasteiger partial charge < -0.3 is 14.8 Å². The summed E-state index contributed by atoms with van der Waals surface area (Å²) in [5.74, 6) is -0.294. The van der Waals surface area contributed by atoms with Gasteiger partial charge in [0.1, 0.15) is 12.4 Å². The fourth-order valence-electron chi connectivity index (χ4n) is 2.06. The molecule has 1 N–H and O–H groups in total. The molecule has 6 heteroatoms. The van der Waals surface area contributed by atoms with E-state index in [4.69, 9.17) is 21.1 Å². The Labute approximate surface area is 157 Å². The summed E-state index contributed by atoms with van der Waals surface area (Å²) < 4.78 is 10.3. The highest BCUT2D eigenvalue weighted by atomic mass is 35.5. The van der Waals surface area contributed by atoms with Crippen molar-refractivity contribution in [2.75, 3.05) is 19.8 Å². The summed E-state index contributed by atoms with van der Waals surface area (Å²) in [4.78, 5) is 23.3. The van der Waals surface area contributed by atoms with Crippen molar-refractivity contribution in [3.05, 3.63) is 70.8 Å². The first-order chi connectivity index (χ1) is 12.5. The second-order valence-electron chi connectivity index (χ2n) is 5.51. The quantitative estimate of drug-likeness (QED) is 0.437. The van der Waals surface area contributed by atoms with E-state index in [1.807, 2.05) is 31.2 Å². The maximum atomic E-state index is 11.6. The molecule has 0 aromatic heterocycles. The maximum Gasteiger partial charge on any atom is 0.331 e. The molecule has 0 radical (unpaired) electrons. The Morgan fingerprint density at radius 2 is 1.92 bits per heavy atom. The molecule has 0 saturated heterocycles. The number of halogens is 1. The van der Waals surface area contributed by atoms with Crippen molar-refractivity contribution in [1.29, 1.82) is 0 Å². The molecular formula is C20H20ClNO4. The number of benzene rings is 2. The number of hydrogen-bond donors (Lipinski definition) is 1. The van der Waals surface area contributed by atoms with Crippen LogP contribution in [0, 0.1) is 6.92 Å². The number of nitrogens with one attached hydrogen (secondary N) is 1. The third kappa shape index (κ3) is 7.40. The fraction of sp³-hybridized carbons (Fsp3) is 0.200. The number of carbonyl (C=O) groups is 2. The van der Waals surface area contributed by atoms with E-state index in [0.717, 1.165) is 11.1 Å². The largest absolute Gasteiger partial charge is 0.492 e. The maximum absolute atomic E-state index is 11.6. The number of amides is 1. The topological polar surface area (TPSA) is 64.6 Å². The molecule has 0 aliphatic rings. The van der Waals surface area contributed by atoms with Gasteiger partial charge >= 0.3 is 5.97 Å². The van der Waals surface area contributed by atoms with Crippen LogP contribution in [0.15, 0.2) is 54.6 Å². The second-order valence-corrected chi connectivity index (χ2v) is 5.94. The van der Waals surface area contributed by atoms with Gasteiger partial charge in [-0.2, -0.15) is 0 Å². The number of hydrogen-bond acceptors (Lipinski definition) is 4. The first-order valence-electron chi connectivity index (χ1n) is 8.09. The lowest BCUT2D eigenvalue weighted by molar-refractivity contribution is -0.143. The lowest BCUT2D eigenvalue weighted by Gasteiger charge is -2.08. The highest BCUT2D eigenvalue weighted by Gasteiger charge is 2.04. The summed E-state index contributed by atoms with van der Waals surface area (Å²) >= 11 is 5.78. The Morgan fingerprint density at radius 3 is 2.65 bits per heavy atom. The minimum Gasteiger partial charge on any atom is -0.492 e. The van der Waals surface area contributed by atoms with Crippen LogP contribution in [0.3, 0.4) is 0 Å². The first-order valence-corrected chi connectivity index (χ1v) is 8.47. The van der Waals surface area contributed by atoms with Crippen LogP contribution in [0.4, 0.5) is 0 Å². The summed E-state index contributed by atoms with van der Waals surface area (Å²) in [5, 5.41) is 3.24. The molecule has 0 aliphatic carbocycles. The second kappa shape index (κ2) is 10.3. The Bertz CT molecular complexity index is 772. The Morgan fingerprint density at radius 1 is 1.15 bits per heavy atom. The lowest BCUT2D eigenvalue weighted by atomic mass is 10.1. The zero-order valence-corrected chi connectivity index (χ0v) is 15.2. The molecule has 0 unspecified atom stereocenters. The van der Waals surface area contributed by atoms with E-state index in [1.54, 1.807) is 30.3 Å². The van der Waals surface area contributed by atoms with Crippen LogP contribution in [-0.4, -0.2) is 31.6 Å². The summed E-state index contributed by atoms with van der Waals surface area (Å²) in [6, 6.07) is 14.6. The molecule has 0 atom stereocenters. The van der Waals surface area contributed by atoms with E-state index in [-0.39, 0.29) is 12.5 Å². The van der Waals surface area contributed by atoms with Crippen molar-refractivity contribution in [1.82, 2.24) is 5.32 Å². The van der Waals surface area contributed by atoms with Gasteiger partial charge in [0.05, 0.1) is 6.54 Å². The molecule has 2 rings (SSSR count). The lowest BCUT2D eigenvalue weighted by Crippen LogP contribution is -2.31. The summed E-state index contributed by atoms with van der Waals surface area (Å²) in [5.41, 5.74) is 1.99. The average Bonchev–Trinajstić information content (AvgIpc) is 2.63. The van der Waals surface area contributed by atoms with E-state index < -0.39 is 5.97 Å². The Balaban J connectivity index is 1.62. The smallest absolute Gasteiger partial charge is 0.331 e. The summed E-state index contributed by atoms with van der Waals surface area (Å²) in [7, 11) is 0. The molecule has 0 spiro atoms. The van der Waals surface area contributed by atoms with Crippen molar-refractivity contribution in [2.24, 2.45) is 0 Å². The third-order valence-electron chi connectivity index (χ3n) is 3.31. The Kier molecular flexibility index (Phi) is 7.71. The number of rotatable bonds is 8. The van der Waals surface area contributed by atoms with Gasteiger partial charge in [0.2, 0.25) is 0 Å². The number of esters is 1. The van der Waals surface area contributed by atoms with E-state index >= 15 is 0 Å². The van der Waals surface area contributed by atoms with Gasteiger partial charge in [-0.15, -0.1) is 0 Å². The standard InChI is InChI=1S/C20H20ClNO4/c1-15-3-2-4-16(13-15)5-10-20(24)26-14-19(23)22-11-12-25-18-8-6-17(21)7-9-18/h2-10,13H,11-12,14H2,1H3,(H,22,23)/b10-5+. The number of ether oxygens (including phenoxy) is 2. The van der Waals surface area contributed by atoms with Crippen LogP contribution >= 0.6 is 11.6 Å². The van der Waals surface area contributed by atoms with E-state index in [2.05, 4.69) is 5.32 Å². The monoisotopic (exact) mass is 373 g/mol. The minimum atomic E-state index is -0.570. The van der Waals surface area contributed by atoms with E-state index in [1.165, 1.54) is 6.08 Å². The number of aryl methyl sites for hydroxylation is 1. The molecule has 1 amide bonds. The van der Waals surface area contributed by atoms with Crippen LogP contribution in [0.2, 0.25) is 5.02 Å². The van der Waals surface area contributed by atoms with Gasteiger partial charge in [0.25, 0.3) is 5.91 Å². The molecule has 2 aromatic rings. The molecule has 0 aliphatic heterocycles. The molecule has 0 fully saturated rings. The van der Waals surface area contributed by atoms with Gasteiger partial charge in [0, 0.05) is 11.1 Å². The van der Waals surface area contributed by atoms with Crippen molar-refractivity contribution in [2.45, 2.75) is 6.92 Å². The molecule has 5 nitrogen and oxygen atoms in total. The number of carbonyl (C=O) groups excluding carboxylic acids is 2. The molecule has 136 valence electrons. The average molecular weight is 374 g/mol. The van der Waals surface area contributed by atoms with Crippen LogP contribution < -0.4 is 10.1 Å². The predicted octanol–water partition coefficient (Wildman–Crippen LogP) is 3.40. The molecule has 2 aromatic carbocycles. The normalized spacial score (nSPS) is 10.5. The van der Waals surface area contributed by atoms with Crippen LogP contribution in [0.5, 0.6) is 5.75 Å². The van der Waals surface area contributed by atoms with E-state index in [0.29, 0.717) is 23.9 Å². The highest BCUT2D eigenvalue weighted by Crippen LogP contribution is 2.15. The summed E-state index contributed by atoms with van der Waals surface area (Å²) in [6.45, 7) is 2.24. The zero-order valence-electron chi connectivity index (χ0n) is 14.4. The van der Waals surface area contributed by atoms with Crippen molar-refractivity contribution in [3.63, 3.8) is 0 Å². The Hall–Kier alpha value is -2.79. The minimum absolute atomic E-state index is 0.300. The fourth-order valence-corrected chi connectivity index (χ4v) is 2.19. The van der Waals surface area contributed by atoms with Crippen LogP contribution in [0.1, 0.15) is 11.1 Å². The van der Waals surface area contributed by atoms with Crippen LogP contribution in [-0.2, 0) is 14.3 Å². The summed E-state index contributed by atoms with van der Waals surface area (Å²) in [6.07, 6.45) is 2.94. The molecule has 26 heavy (non-hydrogen) atoms. The zero-order chi connectivity index (χ0) is 18.8. The van der Waals surface area contributed by atoms with Crippen molar-refractivity contribution in [3.8, 4) is 5.75 Å². The van der Waals surface area contributed by atoms with Gasteiger partial charge in [0.15, 0.2) is 6.61 Å². The first kappa shape index (κ1) is 19.5. The molecule has 0 bridgehead atoms. The van der Waals surface area contributed by atoms with Gasteiger partial charge in [-0.1, -0.05) is 41.4 Å². The molecule has 0 heterocycles. The highest BCUT2D eigenvalue weighted by molar-refractivity contribution is 6.30. The van der Waals surface area contributed by atoms with Crippen molar-refractivity contribution < 1.29 is 19.1 Å². The van der Waals surface area contributed by atoms with Gasteiger partial charge in [-0.3, -0.25) is 4.79 Å². The third-order valence-corrected chi connectivity index (χ3v) is 3.56. The molecule has 0 saturated carbocycles. The van der Waals surface area contributed by atoms with Gasteiger partial charge in [-0.05, 0) is 42.8 Å². The van der Waals surface area contributed by atoms with E-state index in [9.17, 15) is 9.59 Å². The van der Waals surface area contributed by atoms with Crippen LogP contribution in [0.25, 0.3) is 6.08 Å². The van der Waals surface area contributed by atoms with Gasteiger partial charge in [-0.25, -0.2) is 4.79 Å². The predicted molar refractivity (Wildman–Crippen MR) is 101 cm³/mol. The van der Waals surface area contributed by atoms with Crippen molar-refractivity contribution >= 4 is 29.6 Å². The SMILES string of the molecule is Cc1cccc(/C=C/C(=O)OCC(=O)NCCOc2ccc(Cl)cc2)c1.